The van der Waals surface area contributed by atoms with E-state index in [2.05, 4.69) is 48.4 Å². The van der Waals surface area contributed by atoms with Crippen LogP contribution in [0.4, 0.5) is 0 Å². The number of hydrogen-bond acceptors (Lipinski definition) is 6. The van der Waals surface area contributed by atoms with Crippen LogP contribution in [0.5, 0.6) is 5.75 Å². The van der Waals surface area contributed by atoms with E-state index in [0.717, 1.165) is 18.6 Å². The lowest BCUT2D eigenvalue weighted by Crippen LogP contribution is -2.36. The van der Waals surface area contributed by atoms with Crippen molar-refractivity contribution in [2.75, 3.05) is 11.6 Å². The number of aromatic nitrogens is 3. The number of nitrogens with zero attached hydrogens (tertiary/aromatic N) is 3. The number of hydrogen-bond donors (Lipinski definition) is 2. The second kappa shape index (κ2) is 10.9. The maximum Gasteiger partial charge on any atom is 0.230 e. The van der Waals surface area contributed by atoms with E-state index in [0.29, 0.717) is 11.0 Å². The predicted octanol–water partition coefficient (Wildman–Crippen LogP) is 4.19. The third-order valence-electron chi connectivity index (χ3n) is 5.63. The first-order valence-corrected chi connectivity index (χ1v) is 12.2. The smallest absolute Gasteiger partial charge is 0.230 e. The molecule has 0 atom stereocenters. The molecule has 1 saturated carbocycles. The van der Waals surface area contributed by atoms with E-state index >= 15 is 0 Å². The van der Waals surface area contributed by atoms with Crippen LogP contribution in [0, 0.1) is 0 Å². The molecular weight excluding hydrogens is 410 g/mol. The number of nitrogen functional groups attached to an aromatic ring is 1. The lowest BCUT2D eigenvalue weighted by atomic mass is 9.87. The minimum atomic E-state index is 0.0234. The summed E-state index contributed by atoms with van der Waals surface area (Å²) in [7, 11) is 0. The van der Waals surface area contributed by atoms with Gasteiger partial charge in [0.2, 0.25) is 11.1 Å². The van der Waals surface area contributed by atoms with E-state index in [4.69, 9.17) is 10.6 Å². The fourth-order valence-corrected chi connectivity index (χ4v) is 4.39. The molecule has 0 radical (unpaired) electrons. The van der Waals surface area contributed by atoms with Crippen molar-refractivity contribution in [3.05, 3.63) is 35.7 Å². The first-order valence-electron chi connectivity index (χ1n) is 11.2. The summed E-state index contributed by atoms with van der Waals surface area (Å²) in [5.41, 5.74) is 1.35. The van der Waals surface area contributed by atoms with Gasteiger partial charge in [0, 0.05) is 6.04 Å². The molecule has 170 valence electrons. The molecule has 7 nitrogen and oxygen atoms in total. The Hall–Kier alpha value is -2.22. The van der Waals surface area contributed by atoms with Crippen LogP contribution in [0.15, 0.2) is 29.4 Å². The minimum Gasteiger partial charge on any atom is -0.486 e. The maximum absolute atomic E-state index is 12.4. The van der Waals surface area contributed by atoms with Gasteiger partial charge in [-0.3, -0.25) is 4.79 Å². The molecule has 1 fully saturated rings. The van der Waals surface area contributed by atoms with Crippen molar-refractivity contribution in [3.8, 4) is 5.75 Å². The molecule has 1 heterocycles. The third kappa shape index (κ3) is 7.16. The Morgan fingerprint density at radius 3 is 2.42 bits per heavy atom. The Balaban J connectivity index is 1.46. The Bertz CT molecular complexity index is 837. The van der Waals surface area contributed by atoms with Gasteiger partial charge in [-0.25, -0.2) is 4.68 Å². The van der Waals surface area contributed by atoms with Crippen LogP contribution >= 0.6 is 11.8 Å². The molecule has 1 aromatic heterocycles. The van der Waals surface area contributed by atoms with Crippen molar-refractivity contribution in [2.24, 2.45) is 0 Å². The monoisotopic (exact) mass is 445 g/mol. The molecular formula is C23H35N5O2S. The van der Waals surface area contributed by atoms with Gasteiger partial charge < -0.3 is 15.9 Å². The average molecular weight is 446 g/mol. The number of ether oxygens (including phenoxy) is 1. The van der Waals surface area contributed by atoms with E-state index in [1.807, 2.05) is 12.1 Å². The lowest BCUT2D eigenvalue weighted by Gasteiger charge is -2.20. The van der Waals surface area contributed by atoms with Crippen molar-refractivity contribution < 1.29 is 9.53 Å². The Morgan fingerprint density at radius 1 is 1.13 bits per heavy atom. The highest BCUT2D eigenvalue weighted by atomic mass is 32.2. The molecule has 1 amide bonds. The second-order valence-corrected chi connectivity index (χ2v) is 10.2. The first-order chi connectivity index (χ1) is 14.8. The largest absolute Gasteiger partial charge is 0.486 e. The summed E-state index contributed by atoms with van der Waals surface area (Å²) in [6, 6.07) is 8.33. The number of nitrogens with two attached hydrogens (primary N) is 1. The van der Waals surface area contributed by atoms with E-state index < -0.39 is 0 Å². The number of nitrogens with one attached hydrogen (secondary N) is 1. The zero-order valence-electron chi connectivity index (χ0n) is 18.9. The number of carbonyl (C=O) groups is 1. The van der Waals surface area contributed by atoms with E-state index in [1.54, 1.807) is 0 Å². The summed E-state index contributed by atoms with van der Waals surface area (Å²) in [4.78, 5) is 12.4. The highest BCUT2D eigenvalue weighted by Crippen LogP contribution is 2.25. The third-order valence-corrected chi connectivity index (χ3v) is 6.57. The van der Waals surface area contributed by atoms with Crippen LogP contribution in [0.2, 0.25) is 0 Å². The molecule has 3 N–H and O–H groups in total. The van der Waals surface area contributed by atoms with E-state index in [-0.39, 0.29) is 29.7 Å². The second-order valence-electron chi connectivity index (χ2n) is 9.23. The fourth-order valence-electron chi connectivity index (χ4n) is 3.70. The van der Waals surface area contributed by atoms with Crippen LogP contribution < -0.4 is 15.9 Å². The predicted molar refractivity (Wildman–Crippen MR) is 125 cm³/mol. The standard InChI is InChI=1S/C23H35N5O2S/c1-23(2,3)17-11-13-19(14-12-17)30-15-20-26-27-22(28(20)24)31-16-21(29)25-18-9-7-5-4-6-8-10-18/h11-14,18H,4-10,15-16,24H2,1-3H3,(H,25,29). The molecule has 31 heavy (non-hydrogen) atoms. The number of thioether (sulfide) groups is 1. The van der Waals surface area contributed by atoms with Gasteiger partial charge in [0.05, 0.1) is 5.75 Å². The van der Waals surface area contributed by atoms with Crippen LogP contribution in [0.3, 0.4) is 0 Å². The van der Waals surface area contributed by atoms with Gasteiger partial charge >= 0.3 is 0 Å². The van der Waals surface area contributed by atoms with Crippen molar-refractivity contribution in [3.63, 3.8) is 0 Å². The average Bonchev–Trinajstić information content (AvgIpc) is 3.06. The molecule has 2 aromatic rings. The van der Waals surface area contributed by atoms with Crippen LogP contribution in [-0.2, 0) is 16.8 Å². The first kappa shape index (κ1) is 23.4. The van der Waals surface area contributed by atoms with Crippen LogP contribution in [0.1, 0.15) is 77.1 Å². The van der Waals surface area contributed by atoms with Crippen molar-refractivity contribution >= 4 is 17.7 Å². The molecule has 0 unspecified atom stereocenters. The van der Waals surface area contributed by atoms with Crippen molar-refractivity contribution in [2.45, 2.75) is 88.9 Å². The van der Waals surface area contributed by atoms with Gasteiger partial charge in [-0.05, 0) is 36.0 Å². The molecule has 1 aliphatic rings. The SMILES string of the molecule is CC(C)(C)c1ccc(OCc2nnc(SCC(=O)NC3CCCCCCC3)n2N)cc1. The number of rotatable bonds is 7. The van der Waals surface area contributed by atoms with Crippen LogP contribution in [-0.4, -0.2) is 32.6 Å². The summed E-state index contributed by atoms with van der Waals surface area (Å²) in [5.74, 6) is 7.69. The molecule has 8 heteroatoms. The van der Waals surface area contributed by atoms with Gasteiger partial charge in [-0.2, -0.15) is 0 Å². The van der Waals surface area contributed by atoms with Gasteiger partial charge in [0.25, 0.3) is 0 Å². The van der Waals surface area contributed by atoms with Gasteiger partial charge in [-0.15, -0.1) is 10.2 Å². The summed E-state index contributed by atoms with van der Waals surface area (Å²) in [6.45, 7) is 6.75. The summed E-state index contributed by atoms with van der Waals surface area (Å²) >= 11 is 1.30. The zero-order valence-corrected chi connectivity index (χ0v) is 19.7. The molecule has 1 aliphatic carbocycles. The number of benzene rings is 1. The molecule has 0 aliphatic heterocycles. The van der Waals surface area contributed by atoms with Crippen molar-refractivity contribution in [1.82, 2.24) is 20.2 Å². The molecule has 0 bridgehead atoms. The Kier molecular flexibility index (Phi) is 8.23. The summed E-state index contributed by atoms with van der Waals surface area (Å²) < 4.78 is 7.21. The molecule has 0 saturated heterocycles. The molecule has 3 rings (SSSR count). The lowest BCUT2D eigenvalue weighted by molar-refractivity contribution is -0.119. The topological polar surface area (TPSA) is 95.1 Å². The Morgan fingerprint density at radius 2 is 1.77 bits per heavy atom. The fraction of sp³-hybridized carbons (Fsp3) is 0.609. The summed E-state index contributed by atoms with van der Waals surface area (Å²) in [5, 5.41) is 11.9. The Labute approximate surface area is 189 Å². The van der Waals surface area contributed by atoms with Crippen molar-refractivity contribution in [1.29, 1.82) is 0 Å². The van der Waals surface area contributed by atoms with E-state index in [9.17, 15) is 4.79 Å². The van der Waals surface area contributed by atoms with Gasteiger partial charge in [0.15, 0.2) is 5.82 Å². The van der Waals surface area contributed by atoms with Gasteiger partial charge in [0.1, 0.15) is 12.4 Å². The number of carbonyl (C=O) groups excluding carboxylic acids is 1. The van der Waals surface area contributed by atoms with E-state index in [1.165, 1.54) is 54.1 Å². The molecule has 0 spiro atoms. The highest BCUT2D eigenvalue weighted by molar-refractivity contribution is 7.99. The zero-order chi connectivity index (χ0) is 22.3. The van der Waals surface area contributed by atoms with Gasteiger partial charge in [-0.1, -0.05) is 76.8 Å². The minimum absolute atomic E-state index is 0.0234. The quantitative estimate of drug-likeness (QED) is 0.490. The van der Waals surface area contributed by atoms with Crippen LogP contribution in [0.25, 0.3) is 0 Å². The number of amides is 1. The normalized spacial score (nSPS) is 15.8. The maximum atomic E-state index is 12.4. The highest BCUT2D eigenvalue weighted by Gasteiger charge is 2.17. The molecule has 1 aromatic carbocycles. The summed E-state index contributed by atoms with van der Waals surface area (Å²) in [6.07, 6.45) is 8.38.